The van der Waals surface area contributed by atoms with Crippen molar-refractivity contribution in [2.75, 3.05) is 18.5 Å². The van der Waals surface area contributed by atoms with Gasteiger partial charge in [-0.1, -0.05) is 6.92 Å². The van der Waals surface area contributed by atoms with Crippen molar-refractivity contribution in [1.82, 2.24) is 5.32 Å². The average Bonchev–Trinajstić information content (AvgIpc) is 2.43. The molecular weight excluding hydrogens is 258 g/mol. The van der Waals surface area contributed by atoms with Crippen LogP contribution in [-0.2, 0) is 16.0 Å². The number of rotatable bonds is 6. The second-order valence-electron chi connectivity index (χ2n) is 4.69. The summed E-state index contributed by atoms with van der Waals surface area (Å²) in [5.74, 6) is 0.272. The highest BCUT2D eigenvalue weighted by atomic mass is 16.5. The van der Waals surface area contributed by atoms with Gasteiger partial charge in [0.25, 0.3) is 0 Å². The first-order valence-corrected chi connectivity index (χ1v) is 6.68. The normalized spacial score (nSPS) is 15.2. The number of carbonyl (C=O) groups is 2. The summed E-state index contributed by atoms with van der Waals surface area (Å²) in [5.41, 5.74) is 7.15. The summed E-state index contributed by atoms with van der Waals surface area (Å²) in [4.78, 5) is 22.5. The standard InChI is InChI=1S/C14H19N3O3/c1-2-16-12(14(15)19)8-20-10-4-5-11-9(7-10)3-6-13(18)17-11/h4-5,7,12,16H,2-3,6,8H2,1H3,(H2,15,19)(H,17,18). The van der Waals surface area contributed by atoms with Crippen molar-refractivity contribution < 1.29 is 14.3 Å². The van der Waals surface area contributed by atoms with Gasteiger partial charge in [0.2, 0.25) is 11.8 Å². The number of hydrogen-bond donors (Lipinski definition) is 3. The van der Waals surface area contributed by atoms with Gasteiger partial charge in [-0.15, -0.1) is 0 Å². The fraction of sp³-hybridized carbons (Fsp3) is 0.429. The summed E-state index contributed by atoms with van der Waals surface area (Å²) in [6.07, 6.45) is 1.18. The van der Waals surface area contributed by atoms with E-state index in [1.807, 2.05) is 19.1 Å². The fourth-order valence-electron chi connectivity index (χ4n) is 2.12. The molecule has 1 aliphatic rings. The largest absolute Gasteiger partial charge is 0.491 e. The SMILES string of the molecule is CCNC(COc1ccc2c(c1)CCC(=O)N2)C(N)=O. The predicted octanol–water partition coefficient (Wildman–Crippen LogP) is 0.413. The Bertz CT molecular complexity index is 516. The number of nitrogens with one attached hydrogen (secondary N) is 2. The van der Waals surface area contributed by atoms with Crippen molar-refractivity contribution in [3.63, 3.8) is 0 Å². The van der Waals surface area contributed by atoms with Crippen molar-refractivity contribution in [2.45, 2.75) is 25.8 Å². The molecule has 0 spiro atoms. The number of amides is 2. The Balaban J connectivity index is 2.00. The van der Waals surface area contributed by atoms with Gasteiger partial charge in [0.15, 0.2) is 0 Å². The maximum absolute atomic E-state index is 11.3. The van der Waals surface area contributed by atoms with Gasteiger partial charge in [-0.05, 0) is 36.7 Å². The van der Waals surface area contributed by atoms with E-state index in [1.165, 1.54) is 0 Å². The number of ether oxygens (including phenoxy) is 1. The number of benzene rings is 1. The third kappa shape index (κ3) is 3.48. The Kier molecular flexibility index (Phi) is 4.57. The summed E-state index contributed by atoms with van der Waals surface area (Å²) < 4.78 is 5.60. The van der Waals surface area contributed by atoms with Crippen LogP contribution in [0.2, 0.25) is 0 Å². The van der Waals surface area contributed by atoms with Crippen LogP contribution in [0.3, 0.4) is 0 Å². The number of fused-ring (bicyclic) bond motifs is 1. The molecule has 4 N–H and O–H groups in total. The summed E-state index contributed by atoms with van der Waals surface area (Å²) in [5, 5.41) is 5.77. The van der Waals surface area contributed by atoms with E-state index in [2.05, 4.69) is 10.6 Å². The summed E-state index contributed by atoms with van der Waals surface area (Å²) in [7, 11) is 0. The minimum Gasteiger partial charge on any atom is -0.491 e. The fourth-order valence-corrected chi connectivity index (χ4v) is 2.12. The van der Waals surface area contributed by atoms with E-state index in [9.17, 15) is 9.59 Å². The van der Waals surface area contributed by atoms with Crippen LogP contribution in [0.4, 0.5) is 5.69 Å². The minimum absolute atomic E-state index is 0.0344. The number of hydrogen-bond acceptors (Lipinski definition) is 4. The number of primary amides is 1. The molecule has 6 nitrogen and oxygen atoms in total. The van der Waals surface area contributed by atoms with Crippen LogP contribution < -0.4 is 21.1 Å². The lowest BCUT2D eigenvalue weighted by atomic mass is 10.0. The Labute approximate surface area is 117 Å². The molecule has 1 aromatic carbocycles. The summed E-state index contributed by atoms with van der Waals surface area (Å²) >= 11 is 0. The smallest absolute Gasteiger partial charge is 0.238 e. The molecule has 20 heavy (non-hydrogen) atoms. The molecule has 0 fully saturated rings. The highest BCUT2D eigenvalue weighted by Crippen LogP contribution is 2.26. The molecule has 0 aromatic heterocycles. The zero-order valence-corrected chi connectivity index (χ0v) is 11.4. The molecule has 0 saturated carbocycles. The Morgan fingerprint density at radius 2 is 2.30 bits per heavy atom. The Morgan fingerprint density at radius 1 is 1.50 bits per heavy atom. The zero-order valence-electron chi connectivity index (χ0n) is 11.4. The topological polar surface area (TPSA) is 93.4 Å². The van der Waals surface area contributed by atoms with Crippen LogP contribution >= 0.6 is 0 Å². The van der Waals surface area contributed by atoms with E-state index >= 15 is 0 Å². The molecule has 0 aliphatic carbocycles. The number of aryl methyl sites for hydroxylation is 1. The highest BCUT2D eigenvalue weighted by Gasteiger charge is 2.17. The van der Waals surface area contributed by atoms with Crippen LogP contribution in [0.15, 0.2) is 18.2 Å². The van der Waals surface area contributed by atoms with Crippen LogP contribution in [0.25, 0.3) is 0 Å². The second-order valence-corrected chi connectivity index (χ2v) is 4.69. The quantitative estimate of drug-likeness (QED) is 0.702. The van der Waals surface area contributed by atoms with E-state index in [4.69, 9.17) is 10.5 Å². The lowest BCUT2D eigenvalue weighted by molar-refractivity contribution is -0.120. The van der Waals surface area contributed by atoms with Gasteiger partial charge < -0.3 is 21.1 Å². The maximum Gasteiger partial charge on any atom is 0.238 e. The van der Waals surface area contributed by atoms with Gasteiger partial charge in [-0.2, -0.15) is 0 Å². The van der Waals surface area contributed by atoms with Crippen LogP contribution in [0.5, 0.6) is 5.75 Å². The molecule has 0 saturated heterocycles. The monoisotopic (exact) mass is 277 g/mol. The third-order valence-electron chi connectivity index (χ3n) is 3.18. The van der Waals surface area contributed by atoms with E-state index in [1.54, 1.807) is 6.07 Å². The summed E-state index contributed by atoms with van der Waals surface area (Å²) in [6, 6.07) is 4.97. The zero-order chi connectivity index (χ0) is 14.5. The van der Waals surface area contributed by atoms with Gasteiger partial charge >= 0.3 is 0 Å². The predicted molar refractivity (Wildman–Crippen MR) is 75.5 cm³/mol. The number of likely N-dealkylation sites (N-methyl/N-ethyl adjacent to an activating group) is 1. The van der Waals surface area contributed by atoms with Crippen molar-refractivity contribution in [3.05, 3.63) is 23.8 Å². The Hall–Kier alpha value is -2.08. The molecule has 1 aromatic rings. The Morgan fingerprint density at radius 3 is 3.00 bits per heavy atom. The molecule has 1 atom stereocenters. The lowest BCUT2D eigenvalue weighted by Gasteiger charge is -2.19. The van der Waals surface area contributed by atoms with Crippen LogP contribution in [0, 0.1) is 0 Å². The number of carbonyl (C=O) groups excluding carboxylic acids is 2. The van der Waals surface area contributed by atoms with Gasteiger partial charge in [0.1, 0.15) is 18.4 Å². The molecule has 1 aliphatic heterocycles. The maximum atomic E-state index is 11.3. The number of anilines is 1. The van der Waals surface area contributed by atoms with Gasteiger partial charge in [0, 0.05) is 12.1 Å². The minimum atomic E-state index is -0.504. The molecule has 1 unspecified atom stereocenters. The molecule has 0 radical (unpaired) electrons. The molecule has 1 heterocycles. The molecular formula is C14H19N3O3. The third-order valence-corrected chi connectivity index (χ3v) is 3.18. The molecule has 108 valence electrons. The van der Waals surface area contributed by atoms with Gasteiger partial charge in [0.05, 0.1) is 0 Å². The summed E-state index contributed by atoms with van der Waals surface area (Å²) in [6.45, 7) is 2.74. The second kappa shape index (κ2) is 6.38. The molecule has 0 bridgehead atoms. The van der Waals surface area contributed by atoms with E-state index in [-0.39, 0.29) is 12.5 Å². The average molecular weight is 277 g/mol. The van der Waals surface area contributed by atoms with Crippen molar-refractivity contribution in [3.8, 4) is 5.75 Å². The van der Waals surface area contributed by atoms with Gasteiger partial charge in [-0.3, -0.25) is 9.59 Å². The van der Waals surface area contributed by atoms with Crippen LogP contribution in [0.1, 0.15) is 18.9 Å². The molecule has 6 heteroatoms. The highest BCUT2D eigenvalue weighted by molar-refractivity contribution is 5.94. The first-order chi connectivity index (χ1) is 9.60. The van der Waals surface area contributed by atoms with E-state index < -0.39 is 11.9 Å². The number of nitrogens with two attached hydrogens (primary N) is 1. The van der Waals surface area contributed by atoms with Crippen molar-refractivity contribution >= 4 is 17.5 Å². The van der Waals surface area contributed by atoms with Crippen LogP contribution in [-0.4, -0.2) is 31.0 Å². The first-order valence-electron chi connectivity index (χ1n) is 6.68. The van der Waals surface area contributed by atoms with E-state index in [0.29, 0.717) is 25.1 Å². The van der Waals surface area contributed by atoms with Gasteiger partial charge in [-0.25, -0.2) is 0 Å². The molecule has 2 amide bonds. The van der Waals surface area contributed by atoms with E-state index in [0.717, 1.165) is 11.3 Å². The lowest BCUT2D eigenvalue weighted by Crippen LogP contribution is -2.45. The first kappa shape index (κ1) is 14.3. The van der Waals surface area contributed by atoms with Crippen molar-refractivity contribution in [1.29, 1.82) is 0 Å². The van der Waals surface area contributed by atoms with Crippen molar-refractivity contribution in [2.24, 2.45) is 5.73 Å². The molecule has 2 rings (SSSR count).